The van der Waals surface area contributed by atoms with Crippen LogP contribution in [-0.4, -0.2) is 101 Å². The van der Waals surface area contributed by atoms with Crippen molar-refractivity contribution < 1.29 is 18.9 Å². The predicted molar refractivity (Wildman–Crippen MR) is 187 cm³/mol. The number of halogens is 1. The molecule has 0 radical (unpaired) electrons. The first-order valence-corrected chi connectivity index (χ1v) is 18.2. The number of alkyl halides is 1. The summed E-state index contributed by atoms with van der Waals surface area (Å²) in [5, 5.41) is 6.35. The van der Waals surface area contributed by atoms with Gasteiger partial charge in [0.2, 0.25) is 0 Å². The lowest BCUT2D eigenvalue weighted by atomic mass is 9.96. The first-order valence-electron chi connectivity index (χ1n) is 17.1. The van der Waals surface area contributed by atoms with Gasteiger partial charge in [-0.15, -0.1) is 0 Å². The summed E-state index contributed by atoms with van der Waals surface area (Å²) in [5.41, 5.74) is 1.37. The predicted octanol–water partition coefficient (Wildman–Crippen LogP) is 7.69. The normalized spacial score (nSPS) is 17.9. The summed E-state index contributed by atoms with van der Waals surface area (Å²) in [6.07, 6.45) is 10.7. The topological polar surface area (TPSA) is 43.4 Å². The van der Waals surface area contributed by atoms with Crippen LogP contribution in [0.15, 0.2) is 54.6 Å². The monoisotopic (exact) mass is 670 g/mol. The van der Waals surface area contributed by atoms with Crippen LogP contribution in [0.25, 0.3) is 21.5 Å². The Morgan fingerprint density at radius 3 is 1.43 bits per heavy atom. The molecule has 0 unspecified atom stereocenters. The molecule has 44 heavy (non-hydrogen) atoms. The molecule has 0 saturated carbocycles. The minimum absolute atomic E-state index is 0.625. The van der Waals surface area contributed by atoms with Crippen molar-refractivity contribution in [2.75, 3.05) is 90.9 Å². The molecule has 0 spiro atoms. The van der Waals surface area contributed by atoms with Gasteiger partial charge in [0.1, 0.15) is 0 Å². The summed E-state index contributed by atoms with van der Waals surface area (Å²) in [6, 6.07) is 19.8. The lowest BCUT2D eigenvalue weighted by Gasteiger charge is -2.25. The van der Waals surface area contributed by atoms with Gasteiger partial charge in [-0.05, 0) is 52.6 Å². The van der Waals surface area contributed by atoms with Crippen molar-refractivity contribution in [2.45, 2.75) is 57.9 Å². The maximum Gasteiger partial charge on any atom is 0.0701 e. The fourth-order valence-electron chi connectivity index (χ4n) is 6.02. The Morgan fingerprint density at radius 2 is 0.932 bits per heavy atom. The Labute approximate surface area is 274 Å². The molecule has 0 atom stereocenters. The molecule has 4 rings (SSSR count). The summed E-state index contributed by atoms with van der Waals surface area (Å²) < 4.78 is 24.0. The molecule has 1 aliphatic heterocycles. The zero-order chi connectivity index (χ0) is 30.5. The summed E-state index contributed by atoms with van der Waals surface area (Å²) >= 11 is 3.52. The highest BCUT2D eigenvalue weighted by Gasteiger charge is 2.13. The van der Waals surface area contributed by atoms with E-state index in [9.17, 15) is 0 Å². The van der Waals surface area contributed by atoms with E-state index in [2.05, 4.69) is 80.3 Å². The van der Waals surface area contributed by atoms with Gasteiger partial charge in [-0.1, -0.05) is 103 Å². The van der Waals surface area contributed by atoms with E-state index in [1.165, 1.54) is 78.5 Å². The zero-order valence-corrected chi connectivity index (χ0v) is 28.5. The van der Waals surface area contributed by atoms with E-state index < -0.39 is 0 Å². The molecule has 0 amide bonds. The smallest absolute Gasteiger partial charge is 0.0701 e. The van der Waals surface area contributed by atoms with Crippen LogP contribution in [0.3, 0.4) is 0 Å². The van der Waals surface area contributed by atoms with E-state index in [0.29, 0.717) is 39.6 Å². The number of ether oxygens (including phenoxy) is 4. The van der Waals surface area contributed by atoms with Crippen LogP contribution in [0.2, 0.25) is 0 Å². The molecule has 1 heterocycles. The molecule has 1 fully saturated rings. The van der Waals surface area contributed by atoms with Crippen LogP contribution in [-0.2, 0) is 25.5 Å². The van der Waals surface area contributed by atoms with Gasteiger partial charge in [0.15, 0.2) is 0 Å². The van der Waals surface area contributed by atoms with Crippen molar-refractivity contribution in [1.29, 1.82) is 0 Å². The highest BCUT2D eigenvalue weighted by Crippen LogP contribution is 2.29. The van der Waals surface area contributed by atoms with Crippen LogP contribution in [0.1, 0.15) is 56.9 Å². The fraction of sp³-hybridized carbons (Fsp3) is 0.622. The Hall–Kier alpha value is -1.58. The second-order valence-corrected chi connectivity index (χ2v) is 12.7. The molecule has 0 N–H and O–H groups in total. The molecule has 1 aliphatic rings. The van der Waals surface area contributed by atoms with Gasteiger partial charge in [0.05, 0.1) is 52.9 Å². The summed E-state index contributed by atoms with van der Waals surface area (Å²) in [7, 11) is 0. The van der Waals surface area contributed by atoms with Gasteiger partial charge in [0, 0.05) is 38.1 Å². The lowest BCUT2D eigenvalue weighted by Crippen LogP contribution is -2.33. The molecule has 244 valence electrons. The van der Waals surface area contributed by atoms with Crippen molar-refractivity contribution in [1.82, 2.24) is 9.80 Å². The van der Waals surface area contributed by atoms with E-state index in [1.807, 2.05) is 0 Å². The van der Waals surface area contributed by atoms with Crippen molar-refractivity contribution >= 4 is 37.5 Å². The van der Waals surface area contributed by atoms with Crippen molar-refractivity contribution in [3.8, 4) is 0 Å². The van der Waals surface area contributed by atoms with Gasteiger partial charge in [-0.25, -0.2) is 0 Å². The molecular formula is C37H55BrN2O4. The van der Waals surface area contributed by atoms with Crippen molar-refractivity contribution in [3.63, 3.8) is 0 Å². The van der Waals surface area contributed by atoms with E-state index >= 15 is 0 Å². The standard InChI is InChI=1S/C37H55BrN2O4/c38-17-11-5-3-1-2-4-6-12-18-39-19-23-41-27-29-43-25-21-40(22-26-44-30-28-42-24-20-39)32-37-35-15-9-7-13-33(35)31-34-14-8-10-16-36(34)37/h7-10,13-16,31H,1-6,11-12,17-30,32H2. The second kappa shape index (κ2) is 22.0. The Balaban J connectivity index is 1.22. The van der Waals surface area contributed by atoms with Gasteiger partial charge >= 0.3 is 0 Å². The SMILES string of the molecule is BrCCCCCCCCCCN1CCOCCOCCN(Cc2c3ccccc3cc3ccccc23)CCOCCOCC1. The number of unbranched alkanes of at least 4 members (excludes halogenated alkanes) is 7. The highest BCUT2D eigenvalue weighted by molar-refractivity contribution is 9.09. The Bertz CT molecular complexity index is 1100. The van der Waals surface area contributed by atoms with Gasteiger partial charge in [-0.2, -0.15) is 0 Å². The number of hydrogen-bond donors (Lipinski definition) is 0. The van der Waals surface area contributed by atoms with Gasteiger partial charge < -0.3 is 18.9 Å². The average Bonchev–Trinajstić information content (AvgIpc) is 3.05. The summed E-state index contributed by atoms with van der Waals surface area (Å²) in [5.74, 6) is 0. The second-order valence-electron chi connectivity index (χ2n) is 11.9. The Morgan fingerprint density at radius 1 is 0.500 bits per heavy atom. The number of rotatable bonds is 12. The molecule has 0 aliphatic carbocycles. The zero-order valence-electron chi connectivity index (χ0n) is 26.9. The number of hydrogen-bond acceptors (Lipinski definition) is 6. The first kappa shape index (κ1) is 35.3. The van der Waals surface area contributed by atoms with E-state index in [-0.39, 0.29) is 0 Å². The van der Waals surface area contributed by atoms with Crippen LogP contribution in [0, 0.1) is 0 Å². The highest BCUT2D eigenvalue weighted by atomic mass is 79.9. The molecule has 6 nitrogen and oxygen atoms in total. The molecular weight excluding hydrogens is 616 g/mol. The third-order valence-corrected chi connectivity index (χ3v) is 9.13. The van der Waals surface area contributed by atoms with Crippen LogP contribution in [0.5, 0.6) is 0 Å². The molecule has 1 saturated heterocycles. The molecule has 0 bridgehead atoms. The average molecular weight is 672 g/mol. The maximum atomic E-state index is 6.04. The van der Waals surface area contributed by atoms with E-state index in [0.717, 1.165) is 57.8 Å². The number of nitrogens with zero attached hydrogens (tertiary/aromatic N) is 2. The molecule has 0 aromatic heterocycles. The minimum Gasteiger partial charge on any atom is -0.378 e. The Kier molecular flexibility index (Phi) is 17.7. The van der Waals surface area contributed by atoms with Crippen molar-refractivity contribution in [2.24, 2.45) is 0 Å². The van der Waals surface area contributed by atoms with Crippen LogP contribution >= 0.6 is 15.9 Å². The van der Waals surface area contributed by atoms with Gasteiger partial charge in [-0.3, -0.25) is 9.80 Å². The summed E-state index contributed by atoms with van der Waals surface area (Å²) in [6.45, 7) is 10.9. The van der Waals surface area contributed by atoms with E-state index in [1.54, 1.807) is 0 Å². The molecule has 3 aromatic rings. The summed E-state index contributed by atoms with van der Waals surface area (Å²) in [4.78, 5) is 4.96. The van der Waals surface area contributed by atoms with Crippen molar-refractivity contribution in [3.05, 3.63) is 60.2 Å². The van der Waals surface area contributed by atoms with Gasteiger partial charge in [0.25, 0.3) is 0 Å². The number of benzene rings is 3. The molecule has 7 heteroatoms. The fourth-order valence-corrected chi connectivity index (χ4v) is 6.41. The molecule has 3 aromatic carbocycles. The van der Waals surface area contributed by atoms with Crippen LogP contribution in [0.4, 0.5) is 0 Å². The van der Waals surface area contributed by atoms with Crippen LogP contribution < -0.4 is 0 Å². The third kappa shape index (κ3) is 13.0. The van der Waals surface area contributed by atoms with E-state index in [4.69, 9.17) is 18.9 Å². The minimum atomic E-state index is 0.625. The maximum absolute atomic E-state index is 6.04. The quantitative estimate of drug-likeness (QED) is 0.112. The first-order chi connectivity index (χ1) is 21.8. The lowest BCUT2D eigenvalue weighted by molar-refractivity contribution is 0.00708. The largest absolute Gasteiger partial charge is 0.378 e. The number of fused-ring (bicyclic) bond motifs is 2. The third-order valence-electron chi connectivity index (χ3n) is 8.57.